The van der Waals surface area contributed by atoms with Gasteiger partial charge in [-0.05, 0) is 61.3 Å². The van der Waals surface area contributed by atoms with E-state index in [1.807, 2.05) is 0 Å². The smallest absolute Gasteiger partial charge is 0.224 e. The summed E-state index contributed by atoms with van der Waals surface area (Å²) in [5.41, 5.74) is 0.765. The number of hydrogen-bond donors (Lipinski definition) is 2. The molecule has 3 nitrogen and oxygen atoms in total. The molecule has 1 amide bonds. The van der Waals surface area contributed by atoms with Crippen LogP contribution in [0.1, 0.15) is 32.1 Å². The maximum atomic E-state index is 12.0. The van der Waals surface area contributed by atoms with E-state index in [0.29, 0.717) is 12.3 Å². The molecule has 0 spiro atoms. The van der Waals surface area contributed by atoms with Crippen LogP contribution >= 0.6 is 0 Å². The molecular formula is C15H19NO2. The third-order valence-corrected chi connectivity index (χ3v) is 4.48. The molecule has 3 heteroatoms. The van der Waals surface area contributed by atoms with E-state index in [-0.39, 0.29) is 11.7 Å². The van der Waals surface area contributed by atoms with Gasteiger partial charge in [-0.25, -0.2) is 0 Å². The molecule has 2 fully saturated rings. The van der Waals surface area contributed by atoms with Crippen molar-refractivity contribution < 1.29 is 9.90 Å². The summed E-state index contributed by atoms with van der Waals surface area (Å²) in [6.07, 6.45) is 5.94. The molecule has 3 rings (SSSR count). The Labute approximate surface area is 107 Å². The van der Waals surface area contributed by atoms with Crippen molar-refractivity contribution in [3.8, 4) is 5.75 Å². The number of phenolic OH excluding ortho intramolecular Hbond substituents is 1. The first kappa shape index (κ1) is 11.6. The highest BCUT2D eigenvalue weighted by molar-refractivity contribution is 5.90. The number of amides is 1. The fraction of sp³-hybridized carbons (Fsp3) is 0.533. The average Bonchev–Trinajstić information content (AvgIpc) is 2.94. The van der Waals surface area contributed by atoms with Crippen molar-refractivity contribution in [1.29, 1.82) is 0 Å². The van der Waals surface area contributed by atoms with Crippen LogP contribution in [0.25, 0.3) is 0 Å². The zero-order valence-electron chi connectivity index (χ0n) is 10.4. The lowest BCUT2D eigenvalue weighted by Crippen LogP contribution is -2.20. The summed E-state index contributed by atoms with van der Waals surface area (Å²) in [5.74, 6) is 2.61. The predicted octanol–water partition coefficient (Wildman–Crippen LogP) is 3.16. The van der Waals surface area contributed by atoms with Gasteiger partial charge in [0.15, 0.2) is 0 Å². The van der Waals surface area contributed by atoms with Crippen LogP contribution in [0.15, 0.2) is 24.3 Å². The first-order chi connectivity index (χ1) is 8.70. The Morgan fingerprint density at radius 1 is 1.22 bits per heavy atom. The van der Waals surface area contributed by atoms with E-state index in [0.717, 1.165) is 17.5 Å². The van der Waals surface area contributed by atoms with Crippen LogP contribution in [-0.4, -0.2) is 11.0 Å². The Balaban J connectivity index is 1.54. The molecule has 0 aromatic heterocycles. The molecule has 3 atom stereocenters. The Morgan fingerprint density at radius 2 is 2.00 bits per heavy atom. The SMILES string of the molecule is O=C(CC1CC2CCC1C2)Nc1ccc(O)cc1. The summed E-state index contributed by atoms with van der Waals surface area (Å²) < 4.78 is 0. The van der Waals surface area contributed by atoms with Crippen LogP contribution in [0.3, 0.4) is 0 Å². The number of benzene rings is 1. The molecule has 2 saturated carbocycles. The van der Waals surface area contributed by atoms with Crippen LogP contribution in [-0.2, 0) is 4.79 Å². The van der Waals surface area contributed by atoms with Crippen LogP contribution in [0.2, 0.25) is 0 Å². The molecule has 1 aromatic carbocycles. The van der Waals surface area contributed by atoms with Gasteiger partial charge in [0.25, 0.3) is 0 Å². The Kier molecular flexibility index (Phi) is 2.98. The summed E-state index contributed by atoms with van der Waals surface area (Å²) >= 11 is 0. The van der Waals surface area contributed by atoms with Crippen LogP contribution in [0.5, 0.6) is 5.75 Å². The lowest BCUT2D eigenvalue weighted by atomic mass is 9.86. The Hall–Kier alpha value is -1.51. The standard InChI is InChI=1S/C15H19NO2/c17-14-5-3-13(4-6-14)16-15(18)9-12-8-10-1-2-11(12)7-10/h3-6,10-12,17H,1-2,7-9H2,(H,16,18). The van der Waals surface area contributed by atoms with E-state index < -0.39 is 0 Å². The lowest BCUT2D eigenvalue weighted by molar-refractivity contribution is -0.117. The number of hydrogen-bond acceptors (Lipinski definition) is 2. The highest BCUT2D eigenvalue weighted by Crippen LogP contribution is 2.49. The maximum Gasteiger partial charge on any atom is 0.224 e. The number of carbonyl (C=O) groups excluding carboxylic acids is 1. The maximum absolute atomic E-state index is 12.0. The summed E-state index contributed by atoms with van der Waals surface area (Å²) in [4.78, 5) is 12.0. The first-order valence-corrected chi connectivity index (χ1v) is 6.79. The zero-order valence-corrected chi connectivity index (χ0v) is 10.4. The van der Waals surface area contributed by atoms with Gasteiger partial charge in [-0.1, -0.05) is 6.42 Å². The van der Waals surface area contributed by atoms with Gasteiger partial charge in [-0.2, -0.15) is 0 Å². The van der Waals surface area contributed by atoms with Crippen molar-refractivity contribution >= 4 is 11.6 Å². The minimum absolute atomic E-state index is 0.109. The van der Waals surface area contributed by atoms with Gasteiger partial charge in [0, 0.05) is 12.1 Å². The van der Waals surface area contributed by atoms with Gasteiger partial charge in [0.1, 0.15) is 5.75 Å². The number of anilines is 1. The number of aromatic hydroxyl groups is 1. The largest absolute Gasteiger partial charge is 0.508 e. The lowest BCUT2D eigenvalue weighted by Gasteiger charge is -2.20. The van der Waals surface area contributed by atoms with Crippen molar-refractivity contribution in [3.05, 3.63) is 24.3 Å². The molecule has 96 valence electrons. The van der Waals surface area contributed by atoms with Crippen molar-refractivity contribution in [2.75, 3.05) is 5.32 Å². The van der Waals surface area contributed by atoms with Crippen molar-refractivity contribution in [2.45, 2.75) is 32.1 Å². The van der Waals surface area contributed by atoms with E-state index in [9.17, 15) is 9.90 Å². The number of nitrogens with one attached hydrogen (secondary N) is 1. The summed E-state index contributed by atoms with van der Waals surface area (Å²) in [5, 5.41) is 12.1. The van der Waals surface area contributed by atoms with Gasteiger partial charge in [-0.3, -0.25) is 4.79 Å². The fourth-order valence-electron chi connectivity index (χ4n) is 3.62. The summed E-state index contributed by atoms with van der Waals surface area (Å²) in [7, 11) is 0. The van der Waals surface area contributed by atoms with Crippen molar-refractivity contribution in [3.63, 3.8) is 0 Å². The molecule has 18 heavy (non-hydrogen) atoms. The quantitative estimate of drug-likeness (QED) is 0.804. The van der Waals surface area contributed by atoms with E-state index in [1.54, 1.807) is 24.3 Å². The highest BCUT2D eigenvalue weighted by Gasteiger charge is 2.40. The van der Waals surface area contributed by atoms with E-state index in [4.69, 9.17) is 0 Å². The molecule has 0 heterocycles. The van der Waals surface area contributed by atoms with Crippen LogP contribution in [0, 0.1) is 17.8 Å². The van der Waals surface area contributed by atoms with Gasteiger partial charge in [-0.15, -0.1) is 0 Å². The molecule has 0 saturated heterocycles. The van der Waals surface area contributed by atoms with Gasteiger partial charge in [0.05, 0.1) is 0 Å². The highest BCUT2D eigenvalue weighted by atomic mass is 16.3. The number of phenols is 1. The monoisotopic (exact) mass is 245 g/mol. The van der Waals surface area contributed by atoms with E-state index in [2.05, 4.69) is 5.32 Å². The molecule has 2 aliphatic rings. The summed E-state index contributed by atoms with van der Waals surface area (Å²) in [6.45, 7) is 0. The second kappa shape index (κ2) is 4.63. The van der Waals surface area contributed by atoms with Gasteiger partial charge < -0.3 is 10.4 Å². The zero-order chi connectivity index (χ0) is 12.5. The Bertz CT molecular complexity index is 440. The topological polar surface area (TPSA) is 49.3 Å². The van der Waals surface area contributed by atoms with Crippen LogP contribution in [0.4, 0.5) is 5.69 Å². The van der Waals surface area contributed by atoms with Crippen LogP contribution < -0.4 is 5.32 Å². The number of rotatable bonds is 3. The predicted molar refractivity (Wildman–Crippen MR) is 70.3 cm³/mol. The molecule has 0 aliphatic heterocycles. The van der Waals surface area contributed by atoms with Gasteiger partial charge >= 0.3 is 0 Å². The second-order valence-corrected chi connectivity index (χ2v) is 5.73. The third-order valence-electron chi connectivity index (χ3n) is 4.48. The minimum Gasteiger partial charge on any atom is -0.508 e. The molecule has 2 aliphatic carbocycles. The van der Waals surface area contributed by atoms with Crippen molar-refractivity contribution in [1.82, 2.24) is 0 Å². The Morgan fingerprint density at radius 3 is 2.61 bits per heavy atom. The normalized spacial score (nSPS) is 29.4. The van der Waals surface area contributed by atoms with E-state index >= 15 is 0 Å². The van der Waals surface area contributed by atoms with E-state index in [1.165, 1.54) is 25.7 Å². The van der Waals surface area contributed by atoms with Gasteiger partial charge in [0.2, 0.25) is 5.91 Å². The van der Waals surface area contributed by atoms with Crippen molar-refractivity contribution in [2.24, 2.45) is 17.8 Å². The molecular weight excluding hydrogens is 226 g/mol. The number of fused-ring (bicyclic) bond motifs is 2. The second-order valence-electron chi connectivity index (χ2n) is 5.73. The molecule has 2 N–H and O–H groups in total. The molecule has 0 radical (unpaired) electrons. The number of carbonyl (C=O) groups is 1. The molecule has 3 unspecified atom stereocenters. The average molecular weight is 245 g/mol. The molecule has 2 bridgehead atoms. The fourth-order valence-corrected chi connectivity index (χ4v) is 3.62. The first-order valence-electron chi connectivity index (χ1n) is 6.79. The third kappa shape index (κ3) is 2.35. The summed E-state index contributed by atoms with van der Waals surface area (Å²) in [6, 6.07) is 6.64. The molecule has 1 aromatic rings. The minimum atomic E-state index is 0.109.